The molecule has 1 atom stereocenters. The highest BCUT2D eigenvalue weighted by Crippen LogP contribution is 2.30. The summed E-state index contributed by atoms with van der Waals surface area (Å²) in [4.78, 5) is 2.77. The predicted molar refractivity (Wildman–Crippen MR) is 64.0 cm³/mol. The van der Waals surface area contributed by atoms with E-state index >= 15 is 0 Å². The zero-order valence-electron chi connectivity index (χ0n) is 9.17. The fourth-order valence-electron chi connectivity index (χ4n) is 2.31. The van der Waals surface area contributed by atoms with E-state index in [0.29, 0.717) is 0 Å². The molecule has 0 radical (unpaired) electrons. The van der Waals surface area contributed by atoms with Crippen molar-refractivity contribution in [3.05, 3.63) is 0 Å². The molecule has 0 bridgehead atoms. The van der Waals surface area contributed by atoms with Gasteiger partial charge in [-0.2, -0.15) is 11.8 Å². The summed E-state index contributed by atoms with van der Waals surface area (Å²) in [5.41, 5.74) is 0. The lowest BCUT2D eigenvalue weighted by atomic mass is 10.2. The molecule has 1 aliphatic heterocycles. The third-order valence-corrected chi connectivity index (χ3v) is 4.10. The molecule has 0 aromatic heterocycles. The van der Waals surface area contributed by atoms with Gasteiger partial charge in [-0.25, -0.2) is 0 Å². The van der Waals surface area contributed by atoms with Gasteiger partial charge in [0.25, 0.3) is 0 Å². The van der Waals surface area contributed by atoms with Gasteiger partial charge in [0.05, 0.1) is 0 Å². The summed E-state index contributed by atoms with van der Waals surface area (Å²) in [6, 6.07) is 1.79. The first kappa shape index (κ1) is 10.8. The molecule has 2 nitrogen and oxygen atoms in total. The van der Waals surface area contributed by atoms with Crippen LogP contribution >= 0.6 is 11.8 Å². The van der Waals surface area contributed by atoms with Crippen LogP contribution in [-0.2, 0) is 0 Å². The molecule has 14 heavy (non-hydrogen) atoms. The Labute approximate surface area is 91.8 Å². The number of hydrogen-bond donors (Lipinski definition) is 1. The maximum Gasteiger partial charge on any atom is 0.0235 e. The quantitative estimate of drug-likeness (QED) is 0.676. The van der Waals surface area contributed by atoms with Gasteiger partial charge in [0.1, 0.15) is 0 Å². The van der Waals surface area contributed by atoms with E-state index < -0.39 is 0 Å². The zero-order chi connectivity index (χ0) is 9.80. The number of thioether (sulfide) groups is 1. The van der Waals surface area contributed by atoms with Gasteiger partial charge in [0.2, 0.25) is 0 Å². The molecule has 0 aromatic carbocycles. The third kappa shape index (κ3) is 2.88. The molecule has 1 saturated carbocycles. The van der Waals surface area contributed by atoms with Crippen molar-refractivity contribution in [3.8, 4) is 0 Å². The highest BCUT2D eigenvalue weighted by atomic mass is 32.2. The molecule has 1 aliphatic carbocycles. The van der Waals surface area contributed by atoms with E-state index in [-0.39, 0.29) is 0 Å². The van der Waals surface area contributed by atoms with Gasteiger partial charge in [0.15, 0.2) is 0 Å². The molecular weight excluding hydrogens is 192 g/mol. The standard InChI is InChI=1S/C11H22N2S/c1-2-14-8-7-13(10-3-4-10)11-5-6-12-9-11/h10-12H,2-9H2,1H3. The molecule has 0 aromatic rings. The van der Waals surface area contributed by atoms with Crippen molar-refractivity contribution in [2.24, 2.45) is 0 Å². The lowest BCUT2D eigenvalue weighted by Gasteiger charge is -2.28. The van der Waals surface area contributed by atoms with E-state index in [9.17, 15) is 0 Å². The molecule has 1 unspecified atom stereocenters. The Kier molecular flexibility index (Phi) is 4.14. The Morgan fingerprint density at radius 2 is 2.14 bits per heavy atom. The van der Waals surface area contributed by atoms with Crippen molar-refractivity contribution in [2.45, 2.75) is 38.3 Å². The lowest BCUT2D eigenvalue weighted by molar-refractivity contribution is 0.211. The SMILES string of the molecule is CCSCCN(C1CC1)C1CCNC1. The van der Waals surface area contributed by atoms with Crippen LogP contribution < -0.4 is 5.32 Å². The minimum Gasteiger partial charge on any atom is -0.315 e. The van der Waals surface area contributed by atoms with E-state index in [0.717, 1.165) is 12.1 Å². The summed E-state index contributed by atoms with van der Waals surface area (Å²) >= 11 is 2.08. The van der Waals surface area contributed by atoms with Crippen molar-refractivity contribution in [2.75, 3.05) is 31.1 Å². The summed E-state index contributed by atoms with van der Waals surface area (Å²) in [7, 11) is 0. The van der Waals surface area contributed by atoms with Gasteiger partial charge in [-0.3, -0.25) is 4.90 Å². The number of nitrogens with one attached hydrogen (secondary N) is 1. The Hall–Kier alpha value is 0.270. The van der Waals surface area contributed by atoms with Crippen LogP contribution in [0.25, 0.3) is 0 Å². The Morgan fingerprint density at radius 3 is 2.71 bits per heavy atom. The van der Waals surface area contributed by atoms with Crippen molar-refractivity contribution < 1.29 is 0 Å². The van der Waals surface area contributed by atoms with Gasteiger partial charge in [-0.15, -0.1) is 0 Å². The van der Waals surface area contributed by atoms with E-state index in [1.54, 1.807) is 0 Å². The van der Waals surface area contributed by atoms with Crippen molar-refractivity contribution in [1.29, 1.82) is 0 Å². The topological polar surface area (TPSA) is 15.3 Å². The van der Waals surface area contributed by atoms with E-state index in [1.165, 1.54) is 50.4 Å². The van der Waals surface area contributed by atoms with Crippen molar-refractivity contribution in [3.63, 3.8) is 0 Å². The van der Waals surface area contributed by atoms with Crippen molar-refractivity contribution >= 4 is 11.8 Å². The monoisotopic (exact) mass is 214 g/mol. The second-order valence-electron chi connectivity index (χ2n) is 4.31. The molecule has 2 fully saturated rings. The minimum atomic E-state index is 0.847. The second kappa shape index (κ2) is 5.38. The van der Waals surface area contributed by atoms with E-state index in [4.69, 9.17) is 0 Å². The third-order valence-electron chi connectivity index (χ3n) is 3.22. The first-order valence-corrected chi connectivity index (χ1v) is 7.11. The number of hydrogen-bond acceptors (Lipinski definition) is 3. The maximum absolute atomic E-state index is 3.48. The van der Waals surface area contributed by atoms with Crippen LogP contribution in [0.2, 0.25) is 0 Å². The predicted octanol–water partition coefficient (Wildman–Crippen LogP) is 1.57. The van der Waals surface area contributed by atoms with Gasteiger partial charge in [0, 0.05) is 30.9 Å². The summed E-state index contributed by atoms with van der Waals surface area (Å²) in [6.07, 6.45) is 4.27. The smallest absolute Gasteiger partial charge is 0.0235 e. The molecular formula is C11H22N2S. The largest absolute Gasteiger partial charge is 0.315 e. The summed E-state index contributed by atoms with van der Waals surface area (Å²) in [5.74, 6) is 2.59. The van der Waals surface area contributed by atoms with Crippen LogP contribution in [0.15, 0.2) is 0 Å². The molecule has 3 heteroatoms. The van der Waals surface area contributed by atoms with Crippen LogP contribution in [0.3, 0.4) is 0 Å². The van der Waals surface area contributed by atoms with Crippen LogP contribution in [0.1, 0.15) is 26.2 Å². The Morgan fingerprint density at radius 1 is 1.29 bits per heavy atom. The minimum absolute atomic E-state index is 0.847. The number of rotatable bonds is 6. The molecule has 2 aliphatic rings. The normalized spacial score (nSPS) is 27.4. The average Bonchev–Trinajstić information content (AvgIpc) is 2.88. The van der Waals surface area contributed by atoms with Crippen LogP contribution in [0.5, 0.6) is 0 Å². The van der Waals surface area contributed by atoms with Gasteiger partial charge < -0.3 is 5.32 Å². The van der Waals surface area contributed by atoms with Gasteiger partial charge in [-0.1, -0.05) is 6.92 Å². The first-order chi connectivity index (χ1) is 6.92. The fraction of sp³-hybridized carbons (Fsp3) is 1.00. The van der Waals surface area contributed by atoms with E-state index in [1.807, 2.05) is 0 Å². The fourth-order valence-corrected chi connectivity index (χ4v) is 2.93. The molecule has 0 spiro atoms. The molecule has 0 amide bonds. The molecule has 1 N–H and O–H groups in total. The Bertz CT molecular complexity index is 165. The Balaban J connectivity index is 1.74. The lowest BCUT2D eigenvalue weighted by Crippen LogP contribution is -2.40. The highest BCUT2D eigenvalue weighted by molar-refractivity contribution is 7.99. The van der Waals surface area contributed by atoms with Crippen LogP contribution in [0.4, 0.5) is 0 Å². The molecule has 2 rings (SSSR count). The zero-order valence-corrected chi connectivity index (χ0v) is 9.98. The number of nitrogens with zero attached hydrogens (tertiary/aromatic N) is 1. The second-order valence-corrected chi connectivity index (χ2v) is 5.71. The van der Waals surface area contributed by atoms with Gasteiger partial charge >= 0.3 is 0 Å². The molecule has 82 valence electrons. The molecule has 1 heterocycles. The van der Waals surface area contributed by atoms with Crippen LogP contribution in [-0.4, -0.2) is 48.1 Å². The summed E-state index contributed by atoms with van der Waals surface area (Å²) in [6.45, 7) is 6.03. The van der Waals surface area contributed by atoms with E-state index in [2.05, 4.69) is 28.9 Å². The first-order valence-electron chi connectivity index (χ1n) is 5.96. The summed E-state index contributed by atoms with van der Waals surface area (Å²) in [5, 5.41) is 3.48. The van der Waals surface area contributed by atoms with Crippen LogP contribution in [0, 0.1) is 0 Å². The summed E-state index contributed by atoms with van der Waals surface area (Å²) < 4.78 is 0. The maximum atomic E-state index is 3.48. The van der Waals surface area contributed by atoms with Crippen molar-refractivity contribution in [1.82, 2.24) is 10.2 Å². The highest BCUT2D eigenvalue weighted by Gasteiger charge is 2.34. The average molecular weight is 214 g/mol. The van der Waals surface area contributed by atoms with Gasteiger partial charge in [-0.05, 0) is 31.6 Å². The molecule has 1 saturated heterocycles.